The second-order valence-electron chi connectivity index (χ2n) is 6.92. The van der Waals surface area contributed by atoms with E-state index in [1.54, 1.807) is 30.3 Å². The van der Waals surface area contributed by atoms with Crippen molar-refractivity contribution < 1.29 is 17.9 Å². The second kappa shape index (κ2) is 7.77. The van der Waals surface area contributed by atoms with Gasteiger partial charge in [0.2, 0.25) is 5.82 Å². The van der Waals surface area contributed by atoms with Crippen LogP contribution < -0.4 is 4.74 Å². The van der Waals surface area contributed by atoms with Crippen LogP contribution in [-0.4, -0.2) is 25.6 Å². The average Bonchev–Trinajstić information content (AvgIpc) is 3.33. The van der Waals surface area contributed by atoms with E-state index in [1.165, 1.54) is 12.3 Å². The number of fused-ring (bicyclic) bond motifs is 1. The number of alkyl halides is 3. The number of halogens is 3. The highest BCUT2D eigenvalue weighted by molar-refractivity contribution is 6.02. The molecule has 0 unspecified atom stereocenters. The Bertz CT molecular complexity index is 1390. The monoisotopic (exact) mass is 433 g/mol. The Hall–Kier alpha value is -4.27. The van der Waals surface area contributed by atoms with E-state index in [9.17, 15) is 13.2 Å². The Balaban J connectivity index is 1.73. The number of aromatic nitrogens is 5. The number of ether oxygens (including phenoxy) is 1. The molecule has 0 amide bonds. The van der Waals surface area contributed by atoms with E-state index in [4.69, 9.17) is 4.74 Å². The molecule has 0 fully saturated rings. The lowest BCUT2D eigenvalue weighted by Gasteiger charge is -2.15. The van der Waals surface area contributed by atoms with E-state index < -0.39 is 11.7 Å². The van der Waals surface area contributed by atoms with Crippen LogP contribution in [0.5, 0.6) is 11.5 Å². The Labute approximate surface area is 179 Å². The van der Waals surface area contributed by atoms with Crippen molar-refractivity contribution in [3.05, 3.63) is 84.6 Å². The lowest BCUT2D eigenvalue weighted by atomic mass is 9.94. The van der Waals surface area contributed by atoms with Crippen molar-refractivity contribution in [1.82, 2.24) is 25.6 Å². The highest BCUT2D eigenvalue weighted by Crippen LogP contribution is 2.41. The smallest absolute Gasteiger partial charge is 0.418 e. The summed E-state index contributed by atoms with van der Waals surface area (Å²) in [6, 6.07) is 20.3. The van der Waals surface area contributed by atoms with Crippen LogP contribution in [0.3, 0.4) is 0 Å². The summed E-state index contributed by atoms with van der Waals surface area (Å²) in [5.74, 6) is 1.40. The molecule has 5 rings (SSSR count). The number of aromatic amines is 1. The lowest BCUT2D eigenvalue weighted by Crippen LogP contribution is -2.07. The molecule has 0 saturated heterocycles. The molecule has 6 nitrogen and oxygen atoms in total. The highest BCUT2D eigenvalue weighted by Gasteiger charge is 2.34. The maximum Gasteiger partial charge on any atom is 0.418 e. The van der Waals surface area contributed by atoms with Crippen LogP contribution in [0.25, 0.3) is 33.4 Å². The van der Waals surface area contributed by atoms with Crippen LogP contribution in [0, 0.1) is 0 Å². The number of benzene rings is 3. The molecule has 0 aliphatic rings. The first-order valence-electron chi connectivity index (χ1n) is 9.57. The molecule has 9 heteroatoms. The molecule has 0 bridgehead atoms. The van der Waals surface area contributed by atoms with Gasteiger partial charge in [-0.05, 0) is 41.1 Å². The largest absolute Gasteiger partial charge is 0.457 e. The minimum atomic E-state index is -4.55. The molecule has 1 N–H and O–H groups in total. The molecule has 2 heterocycles. The first-order valence-corrected chi connectivity index (χ1v) is 9.57. The third-order valence-corrected chi connectivity index (χ3v) is 4.89. The van der Waals surface area contributed by atoms with Gasteiger partial charge in [0.25, 0.3) is 0 Å². The van der Waals surface area contributed by atoms with Gasteiger partial charge in [0.05, 0.1) is 11.1 Å². The van der Waals surface area contributed by atoms with E-state index in [0.29, 0.717) is 33.6 Å². The Kier molecular flexibility index (Phi) is 4.78. The Morgan fingerprint density at radius 3 is 2.38 bits per heavy atom. The van der Waals surface area contributed by atoms with Crippen LogP contribution in [0.15, 0.2) is 79.0 Å². The van der Waals surface area contributed by atoms with Gasteiger partial charge >= 0.3 is 6.18 Å². The predicted molar refractivity (Wildman–Crippen MR) is 112 cm³/mol. The number of rotatable bonds is 4. The lowest BCUT2D eigenvalue weighted by molar-refractivity contribution is -0.136. The molecule has 0 spiro atoms. The number of nitrogens with zero attached hydrogens (tertiary/aromatic N) is 4. The number of hydrogen-bond donors (Lipinski definition) is 1. The van der Waals surface area contributed by atoms with Crippen LogP contribution in [0.1, 0.15) is 5.56 Å². The minimum absolute atomic E-state index is 0.156. The molecule has 32 heavy (non-hydrogen) atoms. The van der Waals surface area contributed by atoms with Crippen LogP contribution in [-0.2, 0) is 6.18 Å². The second-order valence-corrected chi connectivity index (χ2v) is 6.92. The summed E-state index contributed by atoms with van der Waals surface area (Å²) in [4.78, 5) is 4.11. The average molecular weight is 433 g/mol. The zero-order valence-electron chi connectivity index (χ0n) is 16.3. The van der Waals surface area contributed by atoms with E-state index in [0.717, 1.165) is 6.07 Å². The molecular weight excluding hydrogens is 419 g/mol. The maximum atomic E-state index is 13.6. The third-order valence-electron chi connectivity index (χ3n) is 4.89. The summed E-state index contributed by atoms with van der Waals surface area (Å²) in [6.07, 6.45) is -3.21. The van der Waals surface area contributed by atoms with Crippen LogP contribution in [0.2, 0.25) is 0 Å². The number of para-hydroxylation sites is 2. The zero-order valence-corrected chi connectivity index (χ0v) is 16.3. The molecule has 2 aromatic heterocycles. The van der Waals surface area contributed by atoms with Crippen LogP contribution in [0.4, 0.5) is 13.2 Å². The first-order chi connectivity index (χ1) is 15.5. The first kappa shape index (κ1) is 19.7. The van der Waals surface area contributed by atoms with Crippen LogP contribution >= 0.6 is 0 Å². The molecule has 0 atom stereocenters. The molecule has 0 radical (unpaired) electrons. The molecule has 5 aromatic rings. The van der Waals surface area contributed by atoms with Crippen molar-refractivity contribution in [3.8, 4) is 34.0 Å². The van der Waals surface area contributed by atoms with E-state index in [2.05, 4.69) is 25.6 Å². The number of hydrogen-bond acceptors (Lipinski definition) is 5. The van der Waals surface area contributed by atoms with Crippen molar-refractivity contribution in [2.24, 2.45) is 0 Å². The predicted octanol–water partition coefficient (Wildman–Crippen LogP) is 5.89. The van der Waals surface area contributed by atoms with Crippen molar-refractivity contribution >= 4 is 10.9 Å². The fourth-order valence-electron chi connectivity index (χ4n) is 3.55. The minimum Gasteiger partial charge on any atom is -0.457 e. The molecule has 3 aromatic carbocycles. The number of H-pyrrole nitrogens is 1. The van der Waals surface area contributed by atoms with Gasteiger partial charge < -0.3 is 4.74 Å². The highest BCUT2D eigenvalue weighted by atomic mass is 19.4. The van der Waals surface area contributed by atoms with Gasteiger partial charge in [-0.1, -0.05) is 42.5 Å². The zero-order chi connectivity index (χ0) is 22.1. The summed E-state index contributed by atoms with van der Waals surface area (Å²) in [6.45, 7) is 0. The maximum absolute atomic E-state index is 13.6. The Morgan fingerprint density at radius 1 is 0.844 bits per heavy atom. The summed E-state index contributed by atoms with van der Waals surface area (Å²) in [5.41, 5.74) is 0.609. The number of nitrogens with one attached hydrogen (secondary N) is 1. The SMILES string of the molecule is FC(F)(F)c1cccc2c(-c3cccc(Oc4ccccc4)c3)c(-c3nn[nH]n3)cnc12. The van der Waals surface area contributed by atoms with Gasteiger partial charge in [-0.15, -0.1) is 10.2 Å². The summed E-state index contributed by atoms with van der Waals surface area (Å²) >= 11 is 0. The normalized spacial score (nSPS) is 11.6. The van der Waals surface area contributed by atoms with Gasteiger partial charge in [0.15, 0.2) is 0 Å². The molecule has 0 aliphatic carbocycles. The van der Waals surface area contributed by atoms with Crippen molar-refractivity contribution in [2.45, 2.75) is 6.18 Å². The fraction of sp³-hybridized carbons (Fsp3) is 0.0435. The molecule has 0 saturated carbocycles. The molecular formula is C23H14F3N5O. The molecule has 158 valence electrons. The van der Waals surface area contributed by atoms with Gasteiger partial charge in [-0.2, -0.15) is 18.4 Å². The third kappa shape index (κ3) is 3.64. The fourth-order valence-corrected chi connectivity index (χ4v) is 3.55. The van der Waals surface area contributed by atoms with Gasteiger partial charge in [0, 0.05) is 22.7 Å². The van der Waals surface area contributed by atoms with Crippen molar-refractivity contribution in [2.75, 3.05) is 0 Å². The van der Waals surface area contributed by atoms with Crippen molar-refractivity contribution in [1.29, 1.82) is 0 Å². The van der Waals surface area contributed by atoms with Gasteiger partial charge in [-0.25, -0.2) is 0 Å². The summed E-state index contributed by atoms with van der Waals surface area (Å²) in [5, 5.41) is 14.3. The Morgan fingerprint density at radius 2 is 1.62 bits per heavy atom. The van der Waals surface area contributed by atoms with E-state index in [1.807, 2.05) is 30.3 Å². The summed E-state index contributed by atoms with van der Waals surface area (Å²) < 4.78 is 46.8. The van der Waals surface area contributed by atoms with E-state index in [-0.39, 0.29) is 11.3 Å². The van der Waals surface area contributed by atoms with Crippen molar-refractivity contribution in [3.63, 3.8) is 0 Å². The summed E-state index contributed by atoms with van der Waals surface area (Å²) in [7, 11) is 0. The topological polar surface area (TPSA) is 76.6 Å². The molecule has 0 aliphatic heterocycles. The number of tetrazole rings is 1. The van der Waals surface area contributed by atoms with Gasteiger partial charge in [-0.3, -0.25) is 4.98 Å². The quantitative estimate of drug-likeness (QED) is 0.382. The van der Waals surface area contributed by atoms with E-state index >= 15 is 0 Å². The standard InChI is InChI=1S/C23H14F3N5O/c24-23(25,26)19-11-5-10-17-20(18(13-27-21(17)19)22-28-30-31-29-22)14-6-4-9-16(12-14)32-15-7-2-1-3-8-15/h1-13H,(H,28,29,30,31). The number of pyridine rings is 1. The van der Waals surface area contributed by atoms with Gasteiger partial charge in [0.1, 0.15) is 11.5 Å².